The summed E-state index contributed by atoms with van der Waals surface area (Å²) < 4.78 is 12.0. The lowest BCUT2D eigenvalue weighted by atomic mass is 10.1. The van der Waals surface area contributed by atoms with Gasteiger partial charge >= 0.3 is 12.1 Å². The Bertz CT molecular complexity index is 1410. The number of imidazole rings is 1. The fraction of sp³-hybridized carbons (Fsp3) is 0.136. The van der Waals surface area contributed by atoms with E-state index in [0.717, 1.165) is 5.56 Å². The lowest BCUT2D eigenvalue weighted by molar-refractivity contribution is 0.0688. The Morgan fingerprint density at radius 1 is 1.21 bits per heavy atom. The molecule has 11 nitrogen and oxygen atoms in total. The molecule has 3 N–H and O–H groups in total. The number of methoxy groups -OCH3 is 1. The highest BCUT2D eigenvalue weighted by molar-refractivity contribution is 5.88. The van der Waals surface area contributed by atoms with Crippen LogP contribution >= 0.6 is 0 Å². The summed E-state index contributed by atoms with van der Waals surface area (Å²) in [6, 6.07) is 10.2. The number of amides is 1. The van der Waals surface area contributed by atoms with Gasteiger partial charge in [-0.2, -0.15) is 0 Å². The van der Waals surface area contributed by atoms with Gasteiger partial charge < -0.3 is 24.1 Å². The van der Waals surface area contributed by atoms with E-state index >= 15 is 0 Å². The number of aromatic carboxylic acids is 1. The van der Waals surface area contributed by atoms with Crippen LogP contribution in [0.3, 0.4) is 0 Å². The third kappa shape index (κ3) is 4.66. The van der Waals surface area contributed by atoms with Gasteiger partial charge in [0.15, 0.2) is 0 Å². The van der Waals surface area contributed by atoms with Gasteiger partial charge in [-0.1, -0.05) is 0 Å². The zero-order valence-corrected chi connectivity index (χ0v) is 17.7. The Hall–Kier alpha value is -4.67. The number of nitrogens with one attached hydrogen (secondary N) is 2. The Morgan fingerprint density at radius 2 is 1.97 bits per heavy atom. The molecule has 0 saturated carbocycles. The molecule has 0 atom stereocenters. The topological polar surface area (TPSA) is 148 Å². The van der Waals surface area contributed by atoms with Crippen LogP contribution in [-0.2, 0) is 11.3 Å². The van der Waals surface area contributed by atoms with Gasteiger partial charge in [0, 0.05) is 11.9 Å². The van der Waals surface area contributed by atoms with Crippen LogP contribution in [0.15, 0.2) is 53.7 Å². The number of aryl methyl sites for hydroxylation is 1. The number of benzene rings is 2. The van der Waals surface area contributed by atoms with Crippen molar-refractivity contribution in [3.05, 3.63) is 76.2 Å². The number of carboxylic acids is 1. The third-order valence-electron chi connectivity index (χ3n) is 4.81. The number of aromatic nitrogens is 4. The number of H-pyrrole nitrogens is 1. The second kappa shape index (κ2) is 8.83. The summed E-state index contributed by atoms with van der Waals surface area (Å²) in [5.74, 6) is -0.737. The van der Waals surface area contributed by atoms with Crippen LogP contribution in [0.1, 0.15) is 21.7 Å². The molecule has 0 unspecified atom stereocenters. The normalized spacial score (nSPS) is 10.7. The van der Waals surface area contributed by atoms with E-state index in [9.17, 15) is 14.4 Å². The Morgan fingerprint density at radius 3 is 2.67 bits per heavy atom. The first-order valence-electron chi connectivity index (χ1n) is 9.73. The van der Waals surface area contributed by atoms with E-state index < -0.39 is 23.3 Å². The number of nitrogens with zero attached hydrogens (tertiary/aromatic N) is 3. The molecule has 11 heteroatoms. The van der Waals surface area contributed by atoms with Gasteiger partial charge in [0.25, 0.3) is 5.56 Å². The Labute approximate surface area is 186 Å². The van der Waals surface area contributed by atoms with E-state index in [1.54, 1.807) is 54.3 Å². The molecule has 4 rings (SSSR count). The van der Waals surface area contributed by atoms with Gasteiger partial charge in [0.2, 0.25) is 5.69 Å². The number of hydrogen-bond acceptors (Lipinski definition) is 7. The average Bonchev–Trinajstić information content (AvgIpc) is 3.26. The van der Waals surface area contributed by atoms with Crippen molar-refractivity contribution in [3.8, 4) is 11.4 Å². The average molecular weight is 449 g/mol. The largest absolute Gasteiger partial charge is 0.497 e. The monoisotopic (exact) mass is 449 g/mol. The SMILES string of the molecule is COc1ccc(NC(=O)OCc2cn(-c3cc4nc(C(=O)O)c(=O)[nH]c4cc3C)cn2)cc1. The van der Waals surface area contributed by atoms with Crippen molar-refractivity contribution < 1.29 is 24.2 Å². The molecule has 2 aromatic carbocycles. The maximum absolute atomic E-state index is 12.0. The number of anilines is 1. The van der Waals surface area contributed by atoms with Crippen molar-refractivity contribution in [2.45, 2.75) is 13.5 Å². The van der Waals surface area contributed by atoms with Gasteiger partial charge in [-0.15, -0.1) is 0 Å². The van der Waals surface area contributed by atoms with Crippen molar-refractivity contribution in [2.24, 2.45) is 0 Å². The molecular weight excluding hydrogens is 430 g/mol. The molecule has 33 heavy (non-hydrogen) atoms. The van der Waals surface area contributed by atoms with Crippen molar-refractivity contribution in [1.82, 2.24) is 19.5 Å². The lowest BCUT2D eigenvalue weighted by Crippen LogP contribution is -2.20. The van der Waals surface area contributed by atoms with Crippen molar-refractivity contribution in [1.29, 1.82) is 0 Å². The minimum Gasteiger partial charge on any atom is -0.497 e. The summed E-state index contributed by atoms with van der Waals surface area (Å²) in [6.07, 6.45) is 2.59. The molecule has 0 bridgehead atoms. The quantitative estimate of drug-likeness (QED) is 0.407. The summed E-state index contributed by atoms with van der Waals surface area (Å²) in [7, 11) is 1.56. The molecule has 0 aliphatic heterocycles. The van der Waals surface area contributed by atoms with Crippen LogP contribution in [0.25, 0.3) is 16.7 Å². The number of aromatic amines is 1. The van der Waals surface area contributed by atoms with Gasteiger partial charge in [-0.05, 0) is 48.9 Å². The van der Waals surface area contributed by atoms with E-state index in [-0.39, 0.29) is 6.61 Å². The first-order chi connectivity index (χ1) is 15.8. The molecule has 2 heterocycles. The van der Waals surface area contributed by atoms with Gasteiger partial charge in [0.1, 0.15) is 12.4 Å². The van der Waals surface area contributed by atoms with Crippen LogP contribution in [0, 0.1) is 6.92 Å². The molecule has 4 aromatic rings. The van der Waals surface area contributed by atoms with Crippen LogP contribution in [0.2, 0.25) is 0 Å². The smallest absolute Gasteiger partial charge is 0.412 e. The Balaban J connectivity index is 1.48. The summed E-state index contributed by atoms with van der Waals surface area (Å²) >= 11 is 0. The first-order valence-corrected chi connectivity index (χ1v) is 9.73. The van der Waals surface area contributed by atoms with Crippen LogP contribution in [0.4, 0.5) is 10.5 Å². The minimum atomic E-state index is -1.41. The molecule has 168 valence electrons. The number of fused-ring (bicyclic) bond motifs is 1. The van der Waals surface area contributed by atoms with Crippen molar-refractivity contribution in [2.75, 3.05) is 12.4 Å². The predicted molar refractivity (Wildman–Crippen MR) is 118 cm³/mol. The van der Waals surface area contributed by atoms with Crippen LogP contribution in [-0.4, -0.2) is 43.8 Å². The Kier molecular flexibility index (Phi) is 5.77. The second-order valence-corrected chi connectivity index (χ2v) is 7.08. The van der Waals surface area contributed by atoms with E-state index in [1.165, 1.54) is 6.33 Å². The van der Waals surface area contributed by atoms with Gasteiger partial charge in [-0.3, -0.25) is 10.1 Å². The number of hydrogen-bond donors (Lipinski definition) is 3. The maximum Gasteiger partial charge on any atom is 0.412 e. The van der Waals surface area contributed by atoms with E-state index in [4.69, 9.17) is 14.6 Å². The zero-order valence-electron chi connectivity index (χ0n) is 17.7. The summed E-state index contributed by atoms with van der Waals surface area (Å²) in [5.41, 5.74) is 1.93. The van der Waals surface area contributed by atoms with Gasteiger partial charge in [0.05, 0.1) is 35.9 Å². The third-order valence-corrected chi connectivity index (χ3v) is 4.81. The fourth-order valence-corrected chi connectivity index (χ4v) is 3.19. The van der Waals surface area contributed by atoms with Crippen LogP contribution in [0.5, 0.6) is 5.75 Å². The predicted octanol–water partition coefficient (Wildman–Crippen LogP) is 2.87. The molecule has 0 aliphatic rings. The molecule has 0 aliphatic carbocycles. The standard InChI is InChI=1S/C22H19N5O6/c1-12-7-16-17(25-19(21(29)30)20(28)26-16)8-18(12)27-9-14(23-11-27)10-33-22(31)24-13-3-5-15(32-2)6-4-13/h3-9,11H,10H2,1-2H3,(H,24,31)(H,26,28)(H,29,30). The maximum atomic E-state index is 12.0. The number of carbonyl (C=O) groups excluding carboxylic acids is 1. The number of carboxylic acid groups (broad SMARTS) is 1. The fourth-order valence-electron chi connectivity index (χ4n) is 3.19. The van der Waals surface area contributed by atoms with Crippen LogP contribution < -0.4 is 15.6 Å². The summed E-state index contributed by atoms with van der Waals surface area (Å²) in [4.78, 5) is 45.8. The highest BCUT2D eigenvalue weighted by Crippen LogP contribution is 2.21. The zero-order chi connectivity index (χ0) is 23.5. The first kappa shape index (κ1) is 21.6. The molecule has 0 saturated heterocycles. The molecule has 0 spiro atoms. The molecule has 1 amide bonds. The highest BCUT2D eigenvalue weighted by atomic mass is 16.5. The molecule has 2 aromatic heterocycles. The number of rotatable bonds is 6. The van der Waals surface area contributed by atoms with Crippen molar-refractivity contribution in [3.63, 3.8) is 0 Å². The summed E-state index contributed by atoms with van der Waals surface area (Å²) in [6.45, 7) is 1.77. The highest BCUT2D eigenvalue weighted by Gasteiger charge is 2.14. The van der Waals surface area contributed by atoms with Crippen molar-refractivity contribution >= 4 is 28.8 Å². The van der Waals surface area contributed by atoms with Gasteiger partial charge in [-0.25, -0.2) is 19.6 Å². The van der Waals surface area contributed by atoms with E-state index in [0.29, 0.717) is 33.9 Å². The molecule has 0 radical (unpaired) electrons. The minimum absolute atomic E-state index is 0.0592. The number of carbonyl (C=O) groups is 2. The molecule has 0 fully saturated rings. The van der Waals surface area contributed by atoms with E-state index in [1.807, 2.05) is 6.92 Å². The lowest BCUT2D eigenvalue weighted by Gasteiger charge is -2.09. The summed E-state index contributed by atoms with van der Waals surface area (Å²) in [5, 5.41) is 11.8. The number of ether oxygens (including phenoxy) is 2. The molecular formula is C22H19N5O6. The second-order valence-electron chi connectivity index (χ2n) is 7.08. The van der Waals surface area contributed by atoms with E-state index in [2.05, 4.69) is 20.3 Å².